The smallest absolute Gasteiger partial charge is 0.341 e. The Kier molecular flexibility index (Phi) is 6.30. The number of carbonyl (C=O) groups is 2. The van der Waals surface area contributed by atoms with Crippen molar-refractivity contribution in [2.45, 2.75) is 6.42 Å². The van der Waals surface area contributed by atoms with Gasteiger partial charge >= 0.3 is 5.97 Å². The van der Waals surface area contributed by atoms with E-state index in [1.807, 2.05) is 0 Å². The third-order valence-corrected chi connectivity index (χ3v) is 4.99. The van der Waals surface area contributed by atoms with Crippen molar-refractivity contribution >= 4 is 38.6 Å². The summed E-state index contributed by atoms with van der Waals surface area (Å²) in [5, 5.41) is 11.5. The van der Waals surface area contributed by atoms with Gasteiger partial charge in [-0.1, -0.05) is 22.0 Å². The molecule has 1 saturated heterocycles. The summed E-state index contributed by atoms with van der Waals surface area (Å²) in [6.45, 7) is 4.21. The number of rotatable bonds is 6. The number of aromatic hydroxyl groups is 1. The number of esters is 1. The normalized spacial score (nSPS) is 15.0. The minimum atomic E-state index is -0.804. The average molecular weight is 437 g/mol. The van der Waals surface area contributed by atoms with Crippen molar-refractivity contribution in [3.05, 3.63) is 39.9 Å². The van der Waals surface area contributed by atoms with Gasteiger partial charge in [0.15, 0.2) is 0 Å². The molecule has 0 bridgehead atoms. The van der Waals surface area contributed by atoms with Crippen molar-refractivity contribution in [3.8, 4) is 5.75 Å². The highest BCUT2D eigenvalue weighted by atomic mass is 79.9. The molecular formula is C19H21BrN2O5. The molecule has 0 saturated carbocycles. The zero-order chi connectivity index (χ0) is 19.4. The van der Waals surface area contributed by atoms with Crippen LogP contribution < -0.4 is 5.73 Å². The van der Waals surface area contributed by atoms with E-state index in [1.54, 1.807) is 18.2 Å². The van der Waals surface area contributed by atoms with Crippen LogP contribution in [0.25, 0.3) is 10.8 Å². The second-order valence-corrected chi connectivity index (χ2v) is 7.24. The summed E-state index contributed by atoms with van der Waals surface area (Å²) >= 11 is 3.35. The Morgan fingerprint density at radius 2 is 2.00 bits per heavy atom. The van der Waals surface area contributed by atoms with E-state index >= 15 is 0 Å². The number of hydrogen-bond acceptors (Lipinski definition) is 6. The molecule has 1 fully saturated rings. The van der Waals surface area contributed by atoms with E-state index in [1.165, 1.54) is 6.07 Å². The largest absolute Gasteiger partial charge is 0.506 e. The number of amides is 1. The van der Waals surface area contributed by atoms with Crippen LogP contribution in [-0.2, 0) is 9.47 Å². The minimum absolute atomic E-state index is 0.0687. The maximum absolute atomic E-state index is 12.4. The number of halogens is 1. The molecule has 144 valence electrons. The fourth-order valence-electron chi connectivity index (χ4n) is 3.13. The van der Waals surface area contributed by atoms with E-state index in [0.717, 1.165) is 37.3 Å². The lowest BCUT2D eigenvalue weighted by Gasteiger charge is -2.26. The summed E-state index contributed by atoms with van der Waals surface area (Å²) in [4.78, 5) is 26.5. The Bertz CT molecular complexity index is 865. The van der Waals surface area contributed by atoms with E-state index in [4.69, 9.17) is 15.2 Å². The van der Waals surface area contributed by atoms with E-state index in [0.29, 0.717) is 17.2 Å². The van der Waals surface area contributed by atoms with Crippen molar-refractivity contribution in [2.24, 2.45) is 5.73 Å². The molecule has 2 aromatic rings. The first kappa shape index (κ1) is 19.6. The van der Waals surface area contributed by atoms with E-state index < -0.39 is 17.6 Å². The van der Waals surface area contributed by atoms with Gasteiger partial charge in [-0.25, -0.2) is 4.79 Å². The highest BCUT2D eigenvalue weighted by molar-refractivity contribution is 9.10. The van der Waals surface area contributed by atoms with Gasteiger partial charge in [0.05, 0.1) is 25.4 Å². The summed E-state index contributed by atoms with van der Waals surface area (Å²) in [6.07, 6.45) is 0.675. The molecule has 0 spiro atoms. The second-order valence-electron chi connectivity index (χ2n) is 6.32. The van der Waals surface area contributed by atoms with Crippen molar-refractivity contribution < 1.29 is 24.2 Å². The van der Waals surface area contributed by atoms with Gasteiger partial charge in [0.25, 0.3) is 5.91 Å². The molecule has 1 amide bonds. The Labute approximate surface area is 165 Å². The molecule has 1 aliphatic rings. The number of nitrogens with zero attached hydrogens (tertiary/aromatic N) is 1. The number of nitrogens with two attached hydrogens (primary N) is 1. The summed E-state index contributed by atoms with van der Waals surface area (Å²) in [6, 6.07) is 6.65. The highest BCUT2D eigenvalue weighted by Crippen LogP contribution is 2.33. The third-order valence-electron chi connectivity index (χ3n) is 4.50. The van der Waals surface area contributed by atoms with E-state index in [-0.39, 0.29) is 17.7 Å². The van der Waals surface area contributed by atoms with E-state index in [2.05, 4.69) is 20.8 Å². The van der Waals surface area contributed by atoms with Gasteiger partial charge in [0, 0.05) is 24.1 Å². The summed E-state index contributed by atoms with van der Waals surface area (Å²) < 4.78 is 11.4. The van der Waals surface area contributed by atoms with Gasteiger partial charge in [0.1, 0.15) is 11.3 Å². The molecule has 1 aliphatic heterocycles. The molecular weight excluding hydrogens is 416 g/mol. The molecule has 2 aromatic carbocycles. The molecule has 3 N–H and O–H groups in total. The molecule has 8 heteroatoms. The molecule has 0 aliphatic carbocycles. The van der Waals surface area contributed by atoms with Crippen molar-refractivity contribution in [1.82, 2.24) is 4.90 Å². The van der Waals surface area contributed by atoms with Crippen molar-refractivity contribution in [3.63, 3.8) is 0 Å². The SMILES string of the molecule is NC(=O)c1c(O)c(C(=O)OCCCN2CCOCC2)cc2cc(Br)ccc12. The van der Waals surface area contributed by atoms with Crippen LogP contribution in [0.15, 0.2) is 28.7 Å². The molecule has 0 radical (unpaired) electrons. The fourth-order valence-corrected chi connectivity index (χ4v) is 3.51. The zero-order valence-electron chi connectivity index (χ0n) is 14.7. The molecule has 0 aromatic heterocycles. The predicted octanol–water partition coefficient (Wildman–Crippen LogP) is 2.29. The van der Waals surface area contributed by atoms with Crippen LogP contribution in [0.2, 0.25) is 0 Å². The second kappa shape index (κ2) is 8.69. The predicted molar refractivity (Wildman–Crippen MR) is 104 cm³/mol. The lowest BCUT2D eigenvalue weighted by Crippen LogP contribution is -2.37. The molecule has 0 unspecified atom stereocenters. The van der Waals surface area contributed by atoms with Gasteiger partial charge < -0.3 is 20.3 Å². The van der Waals surface area contributed by atoms with Crippen LogP contribution in [0.1, 0.15) is 27.1 Å². The Balaban J connectivity index is 1.73. The Morgan fingerprint density at radius 3 is 2.70 bits per heavy atom. The number of benzene rings is 2. The van der Waals surface area contributed by atoms with Crippen molar-refractivity contribution in [1.29, 1.82) is 0 Å². The Hall–Kier alpha value is -2.16. The highest BCUT2D eigenvalue weighted by Gasteiger charge is 2.22. The number of hydrogen-bond donors (Lipinski definition) is 2. The number of phenols is 1. The van der Waals surface area contributed by atoms with Gasteiger partial charge in [-0.15, -0.1) is 0 Å². The number of ether oxygens (including phenoxy) is 2. The number of morpholine rings is 1. The quantitative estimate of drug-likeness (QED) is 0.531. The topological polar surface area (TPSA) is 102 Å². The van der Waals surface area contributed by atoms with Crippen LogP contribution in [-0.4, -0.2) is 61.3 Å². The molecule has 7 nitrogen and oxygen atoms in total. The molecule has 0 atom stereocenters. The standard InChI is InChI=1S/C19H21BrN2O5/c20-13-2-3-14-12(10-13)11-15(17(23)16(14)18(21)24)19(25)27-7-1-4-22-5-8-26-9-6-22/h2-3,10-11,23H,1,4-9H2,(H2,21,24). The van der Waals surface area contributed by atoms with Gasteiger partial charge in [-0.05, 0) is 35.4 Å². The molecule has 3 rings (SSSR count). The van der Waals surface area contributed by atoms with Crippen LogP contribution >= 0.6 is 15.9 Å². The fraction of sp³-hybridized carbons (Fsp3) is 0.368. The average Bonchev–Trinajstić information content (AvgIpc) is 2.65. The van der Waals surface area contributed by atoms with Crippen LogP contribution in [0, 0.1) is 0 Å². The monoisotopic (exact) mass is 436 g/mol. The minimum Gasteiger partial charge on any atom is -0.506 e. The maximum Gasteiger partial charge on any atom is 0.341 e. The first-order chi connectivity index (χ1) is 13.0. The third kappa shape index (κ3) is 4.58. The van der Waals surface area contributed by atoms with Crippen molar-refractivity contribution in [2.75, 3.05) is 39.5 Å². The molecule has 1 heterocycles. The van der Waals surface area contributed by atoms with Gasteiger partial charge in [-0.2, -0.15) is 0 Å². The van der Waals surface area contributed by atoms with Crippen LogP contribution in [0.3, 0.4) is 0 Å². The number of primary amides is 1. The first-order valence-corrected chi connectivity index (χ1v) is 9.49. The van der Waals surface area contributed by atoms with Crippen LogP contribution in [0.4, 0.5) is 0 Å². The lowest BCUT2D eigenvalue weighted by atomic mass is 9.99. The number of carbonyl (C=O) groups excluding carboxylic acids is 2. The zero-order valence-corrected chi connectivity index (χ0v) is 16.3. The Morgan fingerprint density at radius 1 is 1.26 bits per heavy atom. The van der Waals surface area contributed by atoms with E-state index in [9.17, 15) is 14.7 Å². The lowest BCUT2D eigenvalue weighted by molar-refractivity contribution is 0.0297. The maximum atomic E-state index is 12.4. The first-order valence-electron chi connectivity index (χ1n) is 8.69. The summed E-state index contributed by atoms with van der Waals surface area (Å²) in [5.41, 5.74) is 5.26. The van der Waals surface area contributed by atoms with Crippen LogP contribution in [0.5, 0.6) is 5.75 Å². The molecule has 27 heavy (non-hydrogen) atoms. The van der Waals surface area contributed by atoms with Gasteiger partial charge in [0.2, 0.25) is 0 Å². The number of fused-ring (bicyclic) bond motifs is 1. The summed E-state index contributed by atoms with van der Waals surface area (Å²) in [7, 11) is 0. The summed E-state index contributed by atoms with van der Waals surface area (Å²) in [5.74, 6) is -1.93. The van der Waals surface area contributed by atoms with Gasteiger partial charge in [-0.3, -0.25) is 9.69 Å².